The molecular formula is C13H22ClN3. The predicted molar refractivity (Wildman–Crippen MR) is 71.5 cm³/mol. The van der Waals surface area contributed by atoms with Gasteiger partial charge in [0, 0.05) is 12.5 Å². The second kappa shape index (κ2) is 5.87. The van der Waals surface area contributed by atoms with Crippen molar-refractivity contribution in [3.8, 4) is 0 Å². The Kier molecular flexibility index (Phi) is 4.46. The summed E-state index contributed by atoms with van der Waals surface area (Å²) in [5.41, 5.74) is 1.25. The van der Waals surface area contributed by atoms with Crippen LogP contribution in [0, 0.1) is 5.92 Å². The van der Waals surface area contributed by atoms with E-state index in [9.17, 15) is 0 Å². The van der Waals surface area contributed by atoms with Gasteiger partial charge in [-0.2, -0.15) is 5.10 Å². The first-order chi connectivity index (χ1) is 8.27. The zero-order valence-corrected chi connectivity index (χ0v) is 11.5. The van der Waals surface area contributed by atoms with E-state index in [1.54, 1.807) is 6.20 Å². The van der Waals surface area contributed by atoms with Crippen LogP contribution in [0.5, 0.6) is 0 Å². The molecule has 2 atom stereocenters. The zero-order valence-electron chi connectivity index (χ0n) is 10.7. The summed E-state index contributed by atoms with van der Waals surface area (Å²) in [6.45, 7) is 7.46. The van der Waals surface area contributed by atoms with E-state index in [2.05, 4.69) is 28.9 Å². The van der Waals surface area contributed by atoms with Gasteiger partial charge in [0.2, 0.25) is 0 Å². The van der Waals surface area contributed by atoms with Crippen molar-refractivity contribution in [1.82, 2.24) is 15.1 Å². The van der Waals surface area contributed by atoms with Gasteiger partial charge in [0.25, 0.3) is 0 Å². The van der Waals surface area contributed by atoms with Crippen LogP contribution in [0.15, 0.2) is 6.20 Å². The lowest BCUT2D eigenvalue weighted by atomic mass is 9.71. The van der Waals surface area contributed by atoms with Crippen molar-refractivity contribution in [2.75, 3.05) is 13.1 Å². The number of halogens is 1. The molecule has 0 radical (unpaired) electrons. The third kappa shape index (κ3) is 2.66. The summed E-state index contributed by atoms with van der Waals surface area (Å²) in [6.07, 6.45) is 5.55. The van der Waals surface area contributed by atoms with Crippen molar-refractivity contribution < 1.29 is 0 Å². The van der Waals surface area contributed by atoms with Crippen LogP contribution < -0.4 is 5.32 Å². The summed E-state index contributed by atoms with van der Waals surface area (Å²) in [5.74, 6) is 1.34. The van der Waals surface area contributed by atoms with E-state index >= 15 is 0 Å². The highest BCUT2D eigenvalue weighted by atomic mass is 35.5. The van der Waals surface area contributed by atoms with Crippen LogP contribution in [0.1, 0.15) is 44.7 Å². The fourth-order valence-electron chi connectivity index (χ4n) is 2.63. The minimum Gasteiger partial charge on any atom is -0.316 e. The van der Waals surface area contributed by atoms with E-state index in [1.807, 2.05) is 0 Å². The minimum absolute atomic E-state index is 0.606. The Labute approximate surface area is 109 Å². The molecule has 0 amide bonds. The molecule has 1 N–H and O–H groups in total. The van der Waals surface area contributed by atoms with Crippen molar-refractivity contribution in [1.29, 1.82) is 0 Å². The molecule has 17 heavy (non-hydrogen) atoms. The summed E-state index contributed by atoms with van der Waals surface area (Å²) < 4.78 is 2.05. The average Bonchev–Trinajstić information content (AvgIpc) is 2.65. The van der Waals surface area contributed by atoms with Gasteiger partial charge in [-0.3, -0.25) is 4.68 Å². The molecule has 1 aromatic rings. The molecule has 0 bridgehead atoms. The molecule has 96 valence electrons. The summed E-state index contributed by atoms with van der Waals surface area (Å²) in [6, 6.07) is 0. The monoisotopic (exact) mass is 255 g/mol. The lowest BCUT2D eigenvalue weighted by Crippen LogP contribution is -2.35. The SMILES string of the molecule is CCCNCC1CCC1c1c(Cl)cnn1CC. The lowest BCUT2D eigenvalue weighted by molar-refractivity contribution is 0.234. The highest BCUT2D eigenvalue weighted by molar-refractivity contribution is 6.31. The summed E-state index contributed by atoms with van der Waals surface area (Å²) in [4.78, 5) is 0. The van der Waals surface area contributed by atoms with E-state index in [0.29, 0.717) is 5.92 Å². The van der Waals surface area contributed by atoms with Gasteiger partial charge in [0.15, 0.2) is 0 Å². The maximum absolute atomic E-state index is 6.25. The van der Waals surface area contributed by atoms with Crippen molar-refractivity contribution in [3.05, 3.63) is 16.9 Å². The second-order valence-corrected chi connectivity index (χ2v) is 5.25. The van der Waals surface area contributed by atoms with Gasteiger partial charge in [-0.15, -0.1) is 0 Å². The summed E-state index contributed by atoms with van der Waals surface area (Å²) >= 11 is 6.25. The molecule has 1 fully saturated rings. The molecule has 1 aliphatic rings. The van der Waals surface area contributed by atoms with Gasteiger partial charge in [-0.05, 0) is 45.2 Å². The van der Waals surface area contributed by atoms with E-state index in [0.717, 1.165) is 30.6 Å². The van der Waals surface area contributed by atoms with Gasteiger partial charge in [-0.1, -0.05) is 18.5 Å². The molecule has 0 aliphatic heterocycles. The fourth-order valence-corrected chi connectivity index (χ4v) is 2.91. The van der Waals surface area contributed by atoms with Gasteiger partial charge in [0.1, 0.15) is 0 Å². The maximum Gasteiger partial charge on any atom is 0.0820 e. The van der Waals surface area contributed by atoms with Crippen LogP contribution >= 0.6 is 11.6 Å². The van der Waals surface area contributed by atoms with Gasteiger partial charge < -0.3 is 5.32 Å². The lowest BCUT2D eigenvalue weighted by Gasteiger charge is -2.37. The number of rotatable bonds is 6. The first-order valence-electron chi connectivity index (χ1n) is 6.69. The van der Waals surface area contributed by atoms with Gasteiger partial charge in [0.05, 0.1) is 16.9 Å². The first-order valence-corrected chi connectivity index (χ1v) is 7.07. The van der Waals surface area contributed by atoms with Crippen LogP contribution in [-0.4, -0.2) is 22.9 Å². The molecule has 1 heterocycles. The average molecular weight is 256 g/mol. The third-order valence-corrected chi connectivity index (χ3v) is 4.03. The van der Waals surface area contributed by atoms with Gasteiger partial charge in [-0.25, -0.2) is 0 Å². The zero-order chi connectivity index (χ0) is 12.3. The third-order valence-electron chi connectivity index (χ3n) is 3.73. The molecule has 2 rings (SSSR count). The van der Waals surface area contributed by atoms with Gasteiger partial charge >= 0.3 is 0 Å². The topological polar surface area (TPSA) is 29.9 Å². The van der Waals surface area contributed by atoms with Crippen LogP contribution in [0.4, 0.5) is 0 Å². The Hall–Kier alpha value is -0.540. The summed E-state index contributed by atoms with van der Waals surface area (Å²) in [7, 11) is 0. The Balaban J connectivity index is 1.99. The van der Waals surface area contributed by atoms with E-state index in [-0.39, 0.29) is 0 Å². The van der Waals surface area contributed by atoms with E-state index < -0.39 is 0 Å². The number of hydrogen-bond donors (Lipinski definition) is 1. The standard InChI is InChI=1S/C13H22ClN3/c1-3-7-15-8-10-5-6-11(10)13-12(14)9-16-17(13)4-2/h9-11,15H,3-8H2,1-2H3. The van der Waals surface area contributed by atoms with Crippen LogP contribution in [0.3, 0.4) is 0 Å². The first kappa shape index (κ1) is 12.9. The molecule has 0 spiro atoms. The Morgan fingerprint density at radius 1 is 1.47 bits per heavy atom. The largest absolute Gasteiger partial charge is 0.316 e. The predicted octanol–water partition coefficient (Wildman–Crippen LogP) is 3.05. The maximum atomic E-state index is 6.25. The molecule has 3 nitrogen and oxygen atoms in total. The molecular weight excluding hydrogens is 234 g/mol. The molecule has 2 unspecified atom stereocenters. The Morgan fingerprint density at radius 3 is 2.88 bits per heavy atom. The molecule has 1 aliphatic carbocycles. The summed E-state index contributed by atoms with van der Waals surface area (Å²) in [5, 5.41) is 8.69. The van der Waals surface area contributed by atoms with Crippen LogP contribution in [-0.2, 0) is 6.54 Å². The number of aryl methyl sites for hydroxylation is 1. The molecule has 0 saturated heterocycles. The Morgan fingerprint density at radius 2 is 2.29 bits per heavy atom. The molecule has 4 heteroatoms. The second-order valence-electron chi connectivity index (χ2n) is 4.84. The minimum atomic E-state index is 0.606. The number of aromatic nitrogens is 2. The van der Waals surface area contributed by atoms with Crippen LogP contribution in [0.25, 0.3) is 0 Å². The highest BCUT2D eigenvalue weighted by Crippen LogP contribution is 2.44. The van der Waals surface area contributed by atoms with Crippen molar-refractivity contribution in [3.63, 3.8) is 0 Å². The Bertz CT molecular complexity index is 362. The van der Waals surface area contributed by atoms with Crippen molar-refractivity contribution >= 4 is 11.6 Å². The number of hydrogen-bond acceptors (Lipinski definition) is 2. The van der Waals surface area contributed by atoms with Crippen molar-refractivity contribution in [2.45, 2.75) is 45.6 Å². The quantitative estimate of drug-likeness (QED) is 0.792. The normalized spacial score (nSPS) is 23.7. The van der Waals surface area contributed by atoms with E-state index in [1.165, 1.54) is 25.0 Å². The molecule has 1 saturated carbocycles. The number of nitrogens with one attached hydrogen (secondary N) is 1. The molecule has 0 aromatic carbocycles. The molecule has 1 aromatic heterocycles. The highest BCUT2D eigenvalue weighted by Gasteiger charge is 2.35. The fraction of sp³-hybridized carbons (Fsp3) is 0.769. The van der Waals surface area contributed by atoms with Crippen molar-refractivity contribution in [2.24, 2.45) is 5.92 Å². The smallest absolute Gasteiger partial charge is 0.0820 e. The number of nitrogens with zero attached hydrogens (tertiary/aromatic N) is 2. The van der Waals surface area contributed by atoms with E-state index in [4.69, 9.17) is 11.6 Å². The van der Waals surface area contributed by atoms with Crippen LogP contribution in [0.2, 0.25) is 5.02 Å².